The van der Waals surface area contributed by atoms with Gasteiger partial charge in [0.1, 0.15) is 11.6 Å². The predicted octanol–water partition coefficient (Wildman–Crippen LogP) is 3.08. The maximum absolute atomic E-state index is 13.1. The Kier molecular flexibility index (Phi) is 7.51. The summed E-state index contributed by atoms with van der Waals surface area (Å²) in [7, 11) is 0. The average molecular weight is 510 g/mol. The summed E-state index contributed by atoms with van der Waals surface area (Å²) in [5, 5.41) is 0. The first-order valence-corrected chi connectivity index (χ1v) is 9.94. The van der Waals surface area contributed by atoms with E-state index in [2.05, 4.69) is 36.8 Å². The van der Waals surface area contributed by atoms with Gasteiger partial charge in [0.25, 0.3) is 0 Å². The number of rotatable bonds is 4. The highest BCUT2D eigenvalue weighted by molar-refractivity contribution is 14.0. The lowest BCUT2D eigenvalue weighted by Crippen LogP contribution is -2.51. The number of pyridine rings is 1. The molecule has 0 unspecified atom stereocenters. The van der Waals surface area contributed by atoms with Crippen LogP contribution in [0.2, 0.25) is 0 Å². The zero-order chi connectivity index (χ0) is 19.3. The zero-order valence-corrected chi connectivity index (χ0v) is 18.8. The molecule has 6 nitrogen and oxygen atoms in total. The summed E-state index contributed by atoms with van der Waals surface area (Å²) in [6.07, 6.45) is 4.40. The van der Waals surface area contributed by atoms with Gasteiger partial charge in [-0.1, -0.05) is 6.07 Å². The minimum Gasteiger partial charge on any atom is -0.370 e. The fraction of sp³-hybridized carbons (Fsp3) is 0.429. The summed E-state index contributed by atoms with van der Waals surface area (Å²) >= 11 is 0. The van der Waals surface area contributed by atoms with E-state index in [1.165, 1.54) is 25.0 Å². The van der Waals surface area contributed by atoms with Crippen LogP contribution in [0, 0.1) is 5.82 Å². The van der Waals surface area contributed by atoms with Crippen LogP contribution in [0.3, 0.4) is 0 Å². The molecule has 29 heavy (non-hydrogen) atoms. The number of guanidine groups is 1. The smallest absolute Gasteiger partial charge is 0.191 e. The van der Waals surface area contributed by atoms with E-state index in [0.717, 1.165) is 56.3 Å². The Morgan fingerprint density at radius 3 is 2.24 bits per heavy atom. The van der Waals surface area contributed by atoms with Crippen molar-refractivity contribution in [1.29, 1.82) is 0 Å². The Labute approximate surface area is 188 Å². The summed E-state index contributed by atoms with van der Waals surface area (Å²) in [5.41, 5.74) is 8.32. The summed E-state index contributed by atoms with van der Waals surface area (Å²) in [4.78, 5) is 15.8. The number of benzene rings is 1. The first kappa shape index (κ1) is 21.6. The molecule has 4 rings (SSSR count). The Hall–Kier alpha value is -2.10. The van der Waals surface area contributed by atoms with Crippen molar-refractivity contribution in [2.45, 2.75) is 19.4 Å². The van der Waals surface area contributed by atoms with E-state index in [0.29, 0.717) is 12.5 Å². The van der Waals surface area contributed by atoms with Gasteiger partial charge in [-0.05, 0) is 48.7 Å². The van der Waals surface area contributed by atoms with E-state index in [-0.39, 0.29) is 29.8 Å². The molecule has 8 heteroatoms. The second-order valence-corrected chi connectivity index (χ2v) is 7.34. The second-order valence-electron chi connectivity index (χ2n) is 7.34. The van der Waals surface area contributed by atoms with Crippen LogP contribution >= 0.6 is 24.0 Å². The van der Waals surface area contributed by atoms with Gasteiger partial charge in [0.05, 0.1) is 6.54 Å². The fourth-order valence-corrected chi connectivity index (χ4v) is 3.76. The minimum absolute atomic E-state index is 0. The second kappa shape index (κ2) is 10.1. The van der Waals surface area contributed by atoms with Crippen molar-refractivity contribution in [3.05, 3.63) is 54.0 Å². The molecule has 2 N–H and O–H groups in total. The Morgan fingerprint density at radius 1 is 0.931 bits per heavy atom. The molecule has 0 radical (unpaired) electrons. The molecule has 2 saturated heterocycles. The topological polar surface area (TPSA) is 61.0 Å². The third-order valence-electron chi connectivity index (χ3n) is 5.46. The van der Waals surface area contributed by atoms with E-state index in [9.17, 15) is 4.39 Å². The highest BCUT2D eigenvalue weighted by Gasteiger charge is 2.18. The summed E-state index contributed by atoms with van der Waals surface area (Å²) in [6, 6.07) is 10.8. The van der Waals surface area contributed by atoms with Crippen molar-refractivity contribution >= 4 is 41.4 Å². The number of hydrogen-bond donors (Lipinski definition) is 1. The van der Waals surface area contributed by atoms with Crippen molar-refractivity contribution in [1.82, 2.24) is 9.88 Å². The van der Waals surface area contributed by atoms with Crippen LogP contribution in [-0.2, 0) is 6.54 Å². The van der Waals surface area contributed by atoms with E-state index >= 15 is 0 Å². The number of hydrogen-bond acceptors (Lipinski definition) is 4. The van der Waals surface area contributed by atoms with Crippen molar-refractivity contribution < 1.29 is 4.39 Å². The fourth-order valence-electron chi connectivity index (χ4n) is 3.76. The molecule has 0 amide bonds. The van der Waals surface area contributed by atoms with Crippen LogP contribution < -0.4 is 15.5 Å². The van der Waals surface area contributed by atoms with Crippen molar-refractivity contribution in [3.8, 4) is 0 Å². The molecule has 156 valence electrons. The first-order chi connectivity index (χ1) is 13.7. The largest absolute Gasteiger partial charge is 0.370 e. The van der Waals surface area contributed by atoms with Gasteiger partial charge in [-0.15, -0.1) is 24.0 Å². The molecule has 0 spiro atoms. The van der Waals surface area contributed by atoms with Gasteiger partial charge in [0, 0.05) is 51.2 Å². The van der Waals surface area contributed by atoms with Crippen LogP contribution in [0.4, 0.5) is 15.9 Å². The maximum atomic E-state index is 13.1. The molecule has 0 bridgehead atoms. The Bertz CT molecular complexity index is 797. The number of nitrogens with two attached hydrogens (primary N) is 1. The molecule has 1 aromatic carbocycles. The number of aliphatic imine (C=N–C) groups is 1. The Balaban J connectivity index is 0.00000240. The lowest BCUT2D eigenvalue weighted by Gasteiger charge is -2.36. The minimum atomic E-state index is -0.207. The predicted molar refractivity (Wildman–Crippen MR) is 127 cm³/mol. The van der Waals surface area contributed by atoms with Crippen molar-refractivity contribution in [3.63, 3.8) is 0 Å². The quantitative estimate of drug-likeness (QED) is 0.390. The van der Waals surface area contributed by atoms with Gasteiger partial charge in [0.15, 0.2) is 5.96 Å². The van der Waals surface area contributed by atoms with E-state index < -0.39 is 0 Å². The molecule has 2 aliphatic rings. The van der Waals surface area contributed by atoms with E-state index in [1.807, 2.05) is 18.3 Å². The molecule has 0 saturated carbocycles. The number of nitrogens with zero attached hydrogens (tertiary/aromatic N) is 5. The lowest BCUT2D eigenvalue weighted by molar-refractivity contribution is 0.380. The number of aromatic nitrogens is 1. The molecule has 0 atom stereocenters. The molecule has 0 aliphatic carbocycles. The highest BCUT2D eigenvalue weighted by Crippen LogP contribution is 2.18. The maximum Gasteiger partial charge on any atom is 0.191 e. The number of anilines is 2. The average Bonchev–Trinajstić information content (AvgIpc) is 3.28. The molecular weight excluding hydrogens is 482 g/mol. The Morgan fingerprint density at radius 2 is 1.62 bits per heavy atom. The van der Waals surface area contributed by atoms with Gasteiger partial charge in [-0.3, -0.25) is 0 Å². The van der Waals surface area contributed by atoms with Crippen LogP contribution in [0.25, 0.3) is 0 Å². The standard InChI is InChI=1S/C21H27FN6.HI/c22-18-4-6-19(7-5-18)26-11-13-28(14-12-26)21(23)25-16-17-3-8-20(24-15-17)27-9-1-2-10-27;/h3-8,15H,1-2,9-14,16H2,(H2,23,25);1H. The molecule has 2 fully saturated rings. The molecule has 1 aromatic heterocycles. The molecule has 2 aliphatic heterocycles. The van der Waals surface area contributed by atoms with Gasteiger partial charge < -0.3 is 20.4 Å². The van der Waals surface area contributed by atoms with Gasteiger partial charge >= 0.3 is 0 Å². The molecule has 2 aromatic rings. The van der Waals surface area contributed by atoms with Crippen molar-refractivity contribution in [2.75, 3.05) is 49.1 Å². The number of piperazine rings is 1. The summed E-state index contributed by atoms with van der Waals surface area (Å²) in [5.74, 6) is 1.42. The van der Waals surface area contributed by atoms with Crippen LogP contribution in [0.15, 0.2) is 47.6 Å². The van der Waals surface area contributed by atoms with Crippen LogP contribution in [0.1, 0.15) is 18.4 Å². The van der Waals surface area contributed by atoms with E-state index in [4.69, 9.17) is 5.73 Å². The molecular formula is C21H28FIN6. The molecule has 3 heterocycles. The third kappa shape index (κ3) is 5.49. The van der Waals surface area contributed by atoms with Gasteiger partial charge in [0.2, 0.25) is 0 Å². The van der Waals surface area contributed by atoms with Gasteiger partial charge in [-0.25, -0.2) is 14.4 Å². The third-order valence-corrected chi connectivity index (χ3v) is 5.46. The lowest BCUT2D eigenvalue weighted by atomic mass is 10.2. The highest BCUT2D eigenvalue weighted by atomic mass is 127. The monoisotopic (exact) mass is 510 g/mol. The summed E-state index contributed by atoms with van der Waals surface area (Å²) in [6.45, 7) is 6.03. The zero-order valence-electron chi connectivity index (χ0n) is 16.5. The normalized spacial score (nSPS) is 17.4. The first-order valence-electron chi connectivity index (χ1n) is 9.94. The van der Waals surface area contributed by atoms with Crippen LogP contribution in [-0.4, -0.2) is 55.1 Å². The van der Waals surface area contributed by atoms with Crippen LogP contribution in [0.5, 0.6) is 0 Å². The SMILES string of the molecule is I.NC(=NCc1ccc(N2CCCC2)nc1)N1CCN(c2ccc(F)cc2)CC1. The number of halogens is 2. The van der Waals surface area contributed by atoms with Gasteiger partial charge in [-0.2, -0.15) is 0 Å². The van der Waals surface area contributed by atoms with Crippen molar-refractivity contribution in [2.24, 2.45) is 10.7 Å². The van der Waals surface area contributed by atoms with E-state index in [1.54, 1.807) is 0 Å². The summed E-state index contributed by atoms with van der Waals surface area (Å²) < 4.78 is 13.1.